The molecule has 0 bridgehead atoms. The fourth-order valence-electron chi connectivity index (χ4n) is 2.30. The lowest BCUT2D eigenvalue weighted by molar-refractivity contribution is -0.116. The van der Waals surface area contributed by atoms with Crippen LogP contribution < -0.4 is 11.1 Å². The third-order valence-electron chi connectivity index (χ3n) is 3.43. The number of carbonyl (C=O) groups excluding carboxylic acids is 2. The molecular weight excluding hydrogens is 308 g/mol. The first-order valence-electron chi connectivity index (χ1n) is 7.41. The number of anilines is 2. The summed E-state index contributed by atoms with van der Waals surface area (Å²) in [7, 11) is 1.24. The SMILES string of the molecule is CCCC(=O)Nc1cccc(-n2cc(C#N)c(N)c2C(=O)OC)c1. The molecule has 2 rings (SSSR count). The zero-order valence-electron chi connectivity index (χ0n) is 13.5. The van der Waals surface area contributed by atoms with Crippen LogP contribution in [0.5, 0.6) is 0 Å². The van der Waals surface area contributed by atoms with E-state index in [9.17, 15) is 9.59 Å². The molecule has 0 aliphatic heterocycles. The van der Waals surface area contributed by atoms with Crippen LogP contribution in [0, 0.1) is 11.3 Å². The predicted octanol–water partition coefficient (Wildman–Crippen LogP) is 2.46. The molecule has 1 aromatic heterocycles. The van der Waals surface area contributed by atoms with Gasteiger partial charge < -0.3 is 20.4 Å². The average molecular weight is 326 g/mol. The molecule has 1 amide bonds. The Hall–Kier alpha value is -3.27. The number of nitrogens with one attached hydrogen (secondary N) is 1. The van der Waals surface area contributed by atoms with Gasteiger partial charge in [-0.25, -0.2) is 4.79 Å². The molecule has 0 spiro atoms. The molecule has 24 heavy (non-hydrogen) atoms. The van der Waals surface area contributed by atoms with Gasteiger partial charge in [-0.1, -0.05) is 13.0 Å². The van der Waals surface area contributed by atoms with Gasteiger partial charge in [0.2, 0.25) is 5.91 Å². The minimum Gasteiger partial charge on any atom is -0.464 e. The number of nitrogen functional groups attached to an aromatic ring is 1. The number of carbonyl (C=O) groups is 2. The Morgan fingerprint density at radius 2 is 2.17 bits per heavy atom. The van der Waals surface area contributed by atoms with Crippen LogP contribution in [-0.2, 0) is 9.53 Å². The summed E-state index contributed by atoms with van der Waals surface area (Å²) >= 11 is 0. The number of benzene rings is 1. The van der Waals surface area contributed by atoms with Crippen LogP contribution in [0.3, 0.4) is 0 Å². The molecule has 124 valence electrons. The number of ether oxygens (including phenoxy) is 1. The Balaban J connectivity index is 2.47. The van der Waals surface area contributed by atoms with Crippen molar-refractivity contribution in [3.63, 3.8) is 0 Å². The van der Waals surface area contributed by atoms with E-state index in [1.807, 2.05) is 13.0 Å². The van der Waals surface area contributed by atoms with Gasteiger partial charge in [0.05, 0.1) is 18.4 Å². The molecule has 7 nitrogen and oxygen atoms in total. The van der Waals surface area contributed by atoms with Crippen molar-refractivity contribution in [2.45, 2.75) is 19.8 Å². The quantitative estimate of drug-likeness (QED) is 0.820. The van der Waals surface area contributed by atoms with Gasteiger partial charge in [-0.15, -0.1) is 0 Å². The summed E-state index contributed by atoms with van der Waals surface area (Å²) < 4.78 is 6.23. The van der Waals surface area contributed by atoms with Gasteiger partial charge in [0.15, 0.2) is 5.69 Å². The highest BCUT2D eigenvalue weighted by Crippen LogP contribution is 2.26. The summed E-state index contributed by atoms with van der Waals surface area (Å²) in [6.07, 6.45) is 2.64. The number of rotatable bonds is 5. The topological polar surface area (TPSA) is 110 Å². The van der Waals surface area contributed by atoms with Crippen molar-refractivity contribution in [3.8, 4) is 11.8 Å². The lowest BCUT2D eigenvalue weighted by atomic mass is 10.2. The lowest BCUT2D eigenvalue weighted by Gasteiger charge is -2.11. The molecule has 0 aliphatic carbocycles. The second-order valence-corrected chi connectivity index (χ2v) is 5.13. The van der Waals surface area contributed by atoms with Gasteiger partial charge in [-0.2, -0.15) is 5.26 Å². The number of aromatic nitrogens is 1. The van der Waals surface area contributed by atoms with Crippen LogP contribution in [0.1, 0.15) is 35.8 Å². The molecule has 0 saturated heterocycles. The van der Waals surface area contributed by atoms with E-state index in [-0.39, 0.29) is 22.9 Å². The first kappa shape index (κ1) is 17.1. The first-order valence-corrected chi connectivity index (χ1v) is 7.41. The predicted molar refractivity (Wildman–Crippen MR) is 89.8 cm³/mol. The van der Waals surface area contributed by atoms with Crippen LogP contribution in [-0.4, -0.2) is 23.6 Å². The van der Waals surface area contributed by atoms with E-state index in [1.165, 1.54) is 17.9 Å². The number of nitrogens with zero attached hydrogens (tertiary/aromatic N) is 2. The second-order valence-electron chi connectivity index (χ2n) is 5.13. The highest BCUT2D eigenvalue weighted by molar-refractivity contribution is 5.96. The van der Waals surface area contributed by atoms with Crippen molar-refractivity contribution in [2.24, 2.45) is 0 Å². The lowest BCUT2D eigenvalue weighted by Crippen LogP contribution is -2.12. The Bertz CT molecular complexity index is 818. The number of amides is 1. The van der Waals surface area contributed by atoms with Crippen LogP contribution in [0.4, 0.5) is 11.4 Å². The number of methoxy groups -OCH3 is 1. The zero-order chi connectivity index (χ0) is 17.7. The van der Waals surface area contributed by atoms with Crippen molar-refractivity contribution < 1.29 is 14.3 Å². The van der Waals surface area contributed by atoms with E-state index < -0.39 is 5.97 Å². The van der Waals surface area contributed by atoms with Crippen LogP contribution >= 0.6 is 0 Å². The monoisotopic (exact) mass is 326 g/mol. The van der Waals surface area contributed by atoms with Crippen molar-refractivity contribution >= 4 is 23.3 Å². The normalized spacial score (nSPS) is 10.0. The first-order chi connectivity index (χ1) is 11.5. The molecule has 1 heterocycles. The van der Waals surface area contributed by atoms with Crippen molar-refractivity contribution in [3.05, 3.63) is 41.7 Å². The summed E-state index contributed by atoms with van der Waals surface area (Å²) in [4.78, 5) is 23.7. The Morgan fingerprint density at radius 1 is 1.42 bits per heavy atom. The molecule has 7 heteroatoms. The molecule has 1 aromatic carbocycles. The van der Waals surface area contributed by atoms with Gasteiger partial charge >= 0.3 is 5.97 Å². The standard InChI is InChI=1S/C17H18N4O3/c1-3-5-14(22)20-12-6-4-7-13(8-12)21-10-11(9-18)15(19)16(21)17(23)24-2/h4,6-8,10H,3,5,19H2,1-2H3,(H,20,22). The Morgan fingerprint density at radius 3 is 2.79 bits per heavy atom. The molecule has 0 saturated carbocycles. The fourth-order valence-corrected chi connectivity index (χ4v) is 2.30. The summed E-state index contributed by atoms with van der Waals surface area (Å²) in [6, 6.07) is 8.86. The van der Waals surface area contributed by atoms with Crippen molar-refractivity contribution in [1.29, 1.82) is 5.26 Å². The third kappa shape index (κ3) is 3.38. The number of esters is 1. The van der Waals surface area contributed by atoms with Gasteiger partial charge in [0.25, 0.3) is 0 Å². The molecule has 0 fully saturated rings. The van der Waals surface area contributed by atoms with Crippen LogP contribution in [0.2, 0.25) is 0 Å². The summed E-state index contributed by atoms with van der Waals surface area (Å²) in [5.74, 6) is -0.734. The highest BCUT2D eigenvalue weighted by Gasteiger charge is 2.21. The highest BCUT2D eigenvalue weighted by atomic mass is 16.5. The van der Waals surface area contributed by atoms with E-state index in [0.717, 1.165) is 6.42 Å². The number of hydrogen-bond donors (Lipinski definition) is 2. The maximum atomic E-state index is 12.0. The van der Waals surface area contributed by atoms with E-state index >= 15 is 0 Å². The molecule has 2 aromatic rings. The molecule has 0 radical (unpaired) electrons. The molecular formula is C17H18N4O3. The smallest absolute Gasteiger partial charge is 0.357 e. The largest absolute Gasteiger partial charge is 0.464 e. The summed E-state index contributed by atoms with van der Waals surface area (Å²) in [5, 5.41) is 11.9. The summed E-state index contributed by atoms with van der Waals surface area (Å²) in [6.45, 7) is 1.92. The minimum atomic E-state index is -0.644. The zero-order valence-corrected chi connectivity index (χ0v) is 13.5. The van der Waals surface area contributed by atoms with E-state index in [4.69, 9.17) is 15.7 Å². The molecule has 3 N–H and O–H groups in total. The fraction of sp³-hybridized carbons (Fsp3) is 0.235. The minimum absolute atomic E-state index is 0.0600. The number of nitriles is 1. The average Bonchev–Trinajstić information content (AvgIpc) is 2.91. The Kier molecular flexibility index (Phi) is 5.22. The molecule has 0 unspecified atom stereocenters. The molecule has 0 atom stereocenters. The van der Waals surface area contributed by atoms with Crippen molar-refractivity contribution in [2.75, 3.05) is 18.2 Å². The molecule has 0 aliphatic rings. The second kappa shape index (κ2) is 7.33. The van der Waals surface area contributed by atoms with Gasteiger partial charge in [0, 0.05) is 24.0 Å². The van der Waals surface area contributed by atoms with E-state index in [1.54, 1.807) is 24.3 Å². The van der Waals surface area contributed by atoms with Crippen LogP contribution in [0.25, 0.3) is 5.69 Å². The number of hydrogen-bond acceptors (Lipinski definition) is 5. The number of nitrogens with two attached hydrogens (primary N) is 1. The van der Waals surface area contributed by atoms with E-state index in [2.05, 4.69) is 5.32 Å². The van der Waals surface area contributed by atoms with Gasteiger partial charge in [0.1, 0.15) is 6.07 Å². The maximum absolute atomic E-state index is 12.0. The van der Waals surface area contributed by atoms with Crippen molar-refractivity contribution in [1.82, 2.24) is 4.57 Å². The van der Waals surface area contributed by atoms with Gasteiger partial charge in [-0.05, 0) is 24.6 Å². The Labute approximate surface area is 139 Å². The van der Waals surface area contributed by atoms with E-state index in [0.29, 0.717) is 17.8 Å². The third-order valence-corrected chi connectivity index (χ3v) is 3.43. The summed E-state index contributed by atoms with van der Waals surface area (Å²) in [5.41, 5.74) is 7.36. The maximum Gasteiger partial charge on any atom is 0.357 e. The van der Waals surface area contributed by atoms with Gasteiger partial charge in [-0.3, -0.25) is 4.79 Å². The van der Waals surface area contributed by atoms with Crippen LogP contribution in [0.15, 0.2) is 30.5 Å².